The fourth-order valence-corrected chi connectivity index (χ4v) is 3.02. The number of hydrogen-bond donors (Lipinski definition) is 0. The minimum absolute atomic E-state index is 0.170. The van der Waals surface area contributed by atoms with Crippen LogP contribution in [0.5, 0.6) is 5.75 Å². The smallest absolute Gasteiger partial charge is 0.123 e. The summed E-state index contributed by atoms with van der Waals surface area (Å²) in [5.74, 6) is 1.21. The lowest BCUT2D eigenvalue weighted by atomic mass is 9.92. The molecule has 1 atom stereocenters. The number of alkyl halides is 1. The van der Waals surface area contributed by atoms with Gasteiger partial charge in [-0.2, -0.15) is 0 Å². The SMILES string of the molecule is COc1ccccc1CC(CBr)Cc1ccc(F)cc1C. The third-order valence-corrected chi connectivity index (χ3v) is 4.65. The van der Waals surface area contributed by atoms with Gasteiger partial charge in [0.1, 0.15) is 11.6 Å². The van der Waals surface area contributed by atoms with E-state index in [-0.39, 0.29) is 5.82 Å². The van der Waals surface area contributed by atoms with Crippen molar-refractivity contribution in [1.82, 2.24) is 0 Å². The van der Waals surface area contributed by atoms with Crippen molar-refractivity contribution in [1.29, 1.82) is 0 Å². The van der Waals surface area contributed by atoms with Crippen LogP contribution in [0.2, 0.25) is 0 Å². The first-order valence-electron chi connectivity index (χ1n) is 7.07. The highest BCUT2D eigenvalue weighted by atomic mass is 79.9. The van der Waals surface area contributed by atoms with Crippen molar-refractivity contribution >= 4 is 15.9 Å². The van der Waals surface area contributed by atoms with E-state index in [1.165, 1.54) is 17.2 Å². The molecule has 21 heavy (non-hydrogen) atoms. The number of benzene rings is 2. The number of para-hydroxylation sites is 1. The Hall–Kier alpha value is -1.35. The van der Waals surface area contributed by atoms with E-state index in [9.17, 15) is 4.39 Å². The van der Waals surface area contributed by atoms with Crippen molar-refractivity contribution < 1.29 is 9.13 Å². The second-order valence-electron chi connectivity index (χ2n) is 5.31. The van der Waals surface area contributed by atoms with Crippen molar-refractivity contribution in [2.24, 2.45) is 5.92 Å². The van der Waals surface area contributed by atoms with Crippen molar-refractivity contribution in [3.05, 3.63) is 65.0 Å². The van der Waals surface area contributed by atoms with E-state index in [1.807, 2.05) is 31.2 Å². The Morgan fingerprint density at radius 2 is 1.81 bits per heavy atom. The van der Waals surface area contributed by atoms with E-state index in [0.717, 1.165) is 29.5 Å². The summed E-state index contributed by atoms with van der Waals surface area (Å²) in [7, 11) is 1.70. The van der Waals surface area contributed by atoms with Crippen LogP contribution in [0.25, 0.3) is 0 Å². The van der Waals surface area contributed by atoms with Crippen LogP contribution >= 0.6 is 15.9 Å². The second kappa shape index (κ2) is 7.60. The van der Waals surface area contributed by atoms with Crippen LogP contribution in [0.1, 0.15) is 16.7 Å². The van der Waals surface area contributed by atoms with Crippen molar-refractivity contribution in [2.75, 3.05) is 12.4 Å². The summed E-state index contributed by atoms with van der Waals surface area (Å²) < 4.78 is 18.6. The van der Waals surface area contributed by atoms with Gasteiger partial charge in [-0.15, -0.1) is 0 Å². The molecular formula is C18H20BrFO. The largest absolute Gasteiger partial charge is 0.496 e. The maximum Gasteiger partial charge on any atom is 0.123 e. The molecule has 2 aromatic rings. The summed E-state index contributed by atoms with van der Waals surface area (Å²) in [6.07, 6.45) is 1.86. The van der Waals surface area contributed by atoms with Gasteiger partial charge in [0.2, 0.25) is 0 Å². The monoisotopic (exact) mass is 350 g/mol. The average Bonchev–Trinajstić information content (AvgIpc) is 2.49. The van der Waals surface area contributed by atoms with Gasteiger partial charge in [0.25, 0.3) is 0 Å². The van der Waals surface area contributed by atoms with Gasteiger partial charge in [0, 0.05) is 5.33 Å². The number of ether oxygens (including phenoxy) is 1. The molecule has 0 fully saturated rings. The van der Waals surface area contributed by atoms with Crippen LogP contribution in [0, 0.1) is 18.7 Å². The molecule has 0 radical (unpaired) electrons. The topological polar surface area (TPSA) is 9.23 Å². The van der Waals surface area contributed by atoms with Crippen molar-refractivity contribution in [2.45, 2.75) is 19.8 Å². The van der Waals surface area contributed by atoms with Crippen LogP contribution in [-0.2, 0) is 12.8 Å². The summed E-state index contributed by atoms with van der Waals surface area (Å²) in [6, 6.07) is 13.1. The Morgan fingerprint density at radius 1 is 1.10 bits per heavy atom. The molecule has 0 spiro atoms. The maximum atomic E-state index is 13.2. The maximum absolute atomic E-state index is 13.2. The van der Waals surface area contributed by atoms with Crippen LogP contribution in [0.4, 0.5) is 4.39 Å². The molecule has 0 aliphatic heterocycles. The summed E-state index contributed by atoms with van der Waals surface area (Å²) >= 11 is 3.60. The first kappa shape index (κ1) is 16.0. The zero-order valence-corrected chi connectivity index (χ0v) is 14.0. The number of aryl methyl sites for hydroxylation is 1. The van der Waals surface area contributed by atoms with Crippen LogP contribution in [-0.4, -0.2) is 12.4 Å². The summed E-state index contributed by atoms with van der Waals surface area (Å²) in [4.78, 5) is 0. The third kappa shape index (κ3) is 4.31. The van der Waals surface area contributed by atoms with Gasteiger partial charge in [-0.3, -0.25) is 0 Å². The van der Waals surface area contributed by atoms with Gasteiger partial charge in [-0.25, -0.2) is 4.39 Å². The van der Waals surface area contributed by atoms with E-state index < -0.39 is 0 Å². The zero-order chi connectivity index (χ0) is 15.2. The minimum Gasteiger partial charge on any atom is -0.496 e. The molecule has 0 bridgehead atoms. The Kier molecular flexibility index (Phi) is 5.80. The molecule has 112 valence electrons. The van der Waals surface area contributed by atoms with Crippen LogP contribution in [0.3, 0.4) is 0 Å². The fourth-order valence-electron chi connectivity index (χ4n) is 2.56. The molecule has 2 rings (SSSR count). The third-order valence-electron chi connectivity index (χ3n) is 3.73. The molecule has 1 nitrogen and oxygen atoms in total. The van der Waals surface area contributed by atoms with E-state index in [1.54, 1.807) is 13.2 Å². The average molecular weight is 351 g/mol. The predicted octanol–water partition coefficient (Wildman–Crippen LogP) is 4.94. The first-order chi connectivity index (χ1) is 10.1. The highest BCUT2D eigenvalue weighted by molar-refractivity contribution is 9.09. The summed E-state index contributed by atoms with van der Waals surface area (Å²) in [6.45, 7) is 1.97. The Bertz CT molecular complexity index is 598. The number of hydrogen-bond acceptors (Lipinski definition) is 1. The molecule has 0 aliphatic rings. The lowest BCUT2D eigenvalue weighted by molar-refractivity contribution is 0.406. The first-order valence-corrected chi connectivity index (χ1v) is 8.19. The highest BCUT2D eigenvalue weighted by Gasteiger charge is 2.13. The van der Waals surface area contributed by atoms with E-state index in [4.69, 9.17) is 4.74 Å². The standard InChI is InChI=1S/C18H20BrFO/c1-13-9-17(20)8-7-15(13)10-14(12-19)11-16-5-3-4-6-18(16)21-2/h3-9,14H,10-12H2,1-2H3. The lowest BCUT2D eigenvalue weighted by Gasteiger charge is -2.17. The number of rotatable bonds is 6. The van der Waals surface area contributed by atoms with Gasteiger partial charge < -0.3 is 4.74 Å². The molecule has 0 saturated heterocycles. The highest BCUT2D eigenvalue weighted by Crippen LogP contribution is 2.25. The summed E-state index contributed by atoms with van der Waals surface area (Å²) in [5.41, 5.74) is 3.43. The normalized spacial score (nSPS) is 12.2. The molecule has 2 aromatic carbocycles. The molecule has 0 N–H and O–H groups in total. The predicted molar refractivity (Wildman–Crippen MR) is 88.8 cm³/mol. The molecule has 0 aromatic heterocycles. The summed E-state index contributed by atoms with van der Waals surface area (Å²) in [5, 5.41) is 0.905. The van der Waals surface area contributed by atoms with Crippen LogP contribution < -0.4 is 4.74 Å². The van der Waals surface area contributed by atoms with E-state index in [0.29, 0.717) is 5.92 Å². The lowest BCUT2D eigenvalue weighted by Crippen LogP contribution is -2.11. The van der Waals surface area contributed by atoms with Gasteiger partial charge in [0.05, 0.1) is 7.11 Å². The number of halogens is 2. The number of methoxy groups -OCH3 is 1. The molecule has 0 amide bonds. The Morgan fingerprint density at radius 3 is 2.48 bits per heavy atom. The molecule has 1 unspecified atom stereocenters. The Labute approximate surface area is 134 Å². The molecule has 0 heterocycles. The quantitative estimate of drug-likeness (QED) is 0.670. The molecule has 0 saturated carbocycles. The van der Waals surface area contributed by atoms with E-state index in [2.05, 4.69) is 22.0 Å². The van der Waals surface area contributed by atoms with Crippen LogP contribution in [0.15, 0.2) is 42.5 Å². The van der Waals surface area contributed by atoms with Crippen molar-refractivity contribution in [3.8, 4) is 5.75 Å². The van der Waals surface area contributed by atoms with Gasteiger partial charge >= 0.3 is 0 Å². The van der Waals surface area contributed by atoms with Crippen molar-refractivity contribution in [3.63, 3.8) is 0 Å². The Balaban J connectivity index is 2.13. The molecule has 0 aliphatic carbocycles. The minimum atomic E-state index is -0.170. The fraction of sp³-hybridized carbons (Fsp3) is 0.333. The molecular weight excluding hydrogens is 331 g/mol. The van der Waals surface area contributed by atoms with Gasteiger partial charge in [0.15, 0.2) is 0 Å². The van der Waals surface area contributed by atoms with Gasteiger partial charge in [-0.1, -0.05) is 40.2 Å². The zero-order valence-electron chi connectivity index (χ0n) is 12.4. The van der Waals surface area contributed by atoms with E-state index >= 15 is 0 Å². The second-order valence-corrected chi connectivity index (χ2v) is 5.96. The van der Waals surface area contributed by atoms with Gasteiger partial charge in [-0.05, 0) is 60.6 Å². The molecule has 3 heteroatoms.